The van der Waals surface area contributed by atoms with Gasteiger partial charge in [0.15, 0.2) is 0 Å². The van der Waals surface area contributed by atoms with Crippen molar-refractivity contribution in [3.8, 4) is 0 Å². The van der Waals surface area contributed by atoms with Crippen LogP contribution in [0.4, 0.5) is 0 Å². The smallest absolute Gasteiger partial charge is 0.0701 e. The molecule has 0 spiro atoms. The van der Waals surface area contributed by atoms with Crippen LogP contribution in [0.25, 0.3) is 0 Å². The number of alkyl halides is 1. The molecule has 2 atom stereocenters. The summed E-state index contributed by atoms with van der Waals surface area (Å²) in [6, 6.07) is 8.20. The number of hydrogen-bond acceptors (Lipinski definition) is 2. The molecule has 84 valence electrons. The van der Waals surface area contributed by atoms with Crippen molar-refractivity contribution in [3.63, 3.8) is 0 Å². The van der Waals surface area contributed by atoms with Crippen molar-refractivity contribution in [1.82, 2.24) is 4.98 Å². The summed E-state index contributed by atoms with van der Waals surface area (Å²) in [7, 11) is 0. The summed E-state index contributed by atoms with van der Waals surface area (Å²) in [5.41, 5.74) is 2.42. The highest BCUT2D eigenvalue weighted by atomic mass is 79.9. The van der Waals surface area contributed by atoms with E-state index in [4.69, 9.17) is 0 Å². The Bertz CT molecular complexity index is 455. The van der Waals surface area contributed by atoms with Gasteiger partial charge in [-0.05, 0) is 45.1 Å². The van der Waals surface area contributed by atoms with E-state index < -0.39 is 0 Å². The molecule has 0 amide bonds. The van der Waals surface area contributed by atoms with Gasteiger partial charge in [-0.2, -0.15) is 0 Å². The molecule has 0 aliphatic heterocycles. The molecule has 0 aromatic carbocycles. The zero-order valence-electron chi connectivity index (χ0n) is 8.73. The van der Waals surface area contributed by atoms with Crippen molar-refractivity contribution >= 4 is 43.2 Å². The lowest BCUT2D eigenvalue weighted by Gasteiger charge is -2.16. The van der Waals surface area contributed by atoms with Crippen LogP contribution in [0.3, 0.4) is 0 Å². The highest BCUT2D eigenvalue weighted by Crippen LogP contribution is 2.39. The Morgan fingerprint density at radius 3 is 2.75 bits per heavy atom. The van der Waals surface area contributed by atoms with Crippen LogP contribution in [0.1, 0.15) is 28.9 Å². The molecular weight excluding hydrogens is 350 g/mol. The summed E-state index contributed by atoms with van der Waals surface area (Å²) in [4.78, 5) is 4.70. The van der Waals surface area contributed by atoms with Gasteiger partial charge in [-0.15, -0.1) is 11.3 Å². The van der Waals surface area contributed by atoms with Gasteiger partial charge in [-0.25, -0.2) is 0 Å². The van der Waals surface area contributed by atoms with E-state index in [1.165, 1.54) is 9.35 Å². The predicted molar refractivity (Wildman–Crippen MR) is 76.3 cm³/mol. The van der Waals surface area contributed by atoms with Crippen LogP contribution in [-0.4, -0.2) is 4.98 Å². The van der Waals surface area contributed by atoms with Crippen LogP contribution < -0.4 is 0 Å². The van der Waals surface area contributed by atoms with Crippen LogP contribution >= 0.6 is 43.2 Å². The number of thiophene rings is 1. The summed E-state index contributed by atoms with van der Waals surface area (Å²) in [6.45, 7) is 2.19. The molecule has 0 aliphatic carbocycles. The van der Waals surface area contributed by atoms with Crippen LogP contribution in [0.2, 0.25) is 0 Å². The van der Waals surface area contributed by atoms with Gasteiger partial charge in [0.05, 0.1) is 3.79 Å². The SMILES string of the molecule is CC(c1ccccn1)C(Br)c1csc(Br)c1. The van der Waals surface area contributed by atoms with E-state index >= 15 is 0 Å². The largest absolute Gasteiger partial charge is 0.261 e. The van der Waals surface area contributed by atoms with Gasteiger partial charge in [-0.3, -0.25) is 4.98 Å². The Balaban J connectivity index is 2.19. The summed E-state index contributed by atoms with van der Waals surface area (Å²) in [6.07, 6.45) is 1.84. The second kappa shape index (κ2) is 5.43. The standard InChI is InChI=1S/C12H11Br2NS/c1-8(10-4-2-3-5-15-10)12(14)9-6-11(13)16-7-9/h2-8,12H,1H3. The third kappa shape index (κ3) is 2.73. The van der Waals surface area contributed by atoms with E-state index in [1.54, 1.807) is 11.3 Å². The molecule has 16 heavy (non-hydrogen) atoms. The third-order valence-corrected chi connectivity index (χ3v) is 5.34. The Morgan fingerprint density at radius 1 is 1.38 bits per heavy atom. The highest BCUT2D eigenvalue weighted by molar-refractivity contribution is 9.11. The first-order chi connectivity index (χ1) is 7.68. The third-order valence-electron chi connectivity index (χ3n) is 2.50. The Morgan fingerprint density at radius 2 is 2.19 bits per heavy atom. The van der Waals surface area contributed by atoms with E-state index in [2.05, 4.69) is 61.3 Å². The molecular formula is C12H11Br2NS. The lowest BCUT2D eigenvalue weighted by molar-refractivity contribution is 0.726. The lowest BCUT2D eigenvalue weighted by atomic mass is 9.99. The Labute approximate surface area is 116 Å². The lowest BCUT2D eigenvalue weighted by Crippen LogP contribution is -2.02. The fraction of sp³-hybridized carbons (Fsp3) is 0.250. The van der Waals surface area contributed by atoms with E-state index in [-0.39, 0.29) is 0 Å². The van der Waals surface area contributed by atoms with Gasteiger partial charge in [0, 0.05) is 22.6 Å². The monoisotopic (exact) mass is 359 g/mol. The molecule has 2 unspecified atom stereocenters. The predicted octanol–water partition coefficient (Wildman–Crippen LogP) is 5.15. The minimum absolute atomic E-state index is 0.310. The van der Waals surface area contributed by atoms with Crippen molar-refractivity contribution < 1.29 is 0 Å². The summed E-state index contributed by atoms with van der Waals surface area (Å²) in [5.74, 6) is 0.364. The normalized spacial score (nSPS) is 14.7. The summed E-state index contributed by atoms with van der Waals surface area (Å²) >= 11 is 8.95. The van der Waals surface area contributed by atoms with Crippen molar-refractivity contribution in [1.29, 1.82) is 0 Å². The number of aromatic nitrogens is 1. The zero-order chi connectivity index (χ0) is 11.5. The second-order valence-electron chi connectivity index (χ2n) is 3.63. The van der Waals surface area contributed by atoms with Gasteiger partial charge >= 0.3 is 0 Å². The topological polar surface area (TPSA) is 12.9 Å². The molecule has 2 rings (SSSR count). The van der Waals surface area contributed by atoms with Crippen LogP contribution in [0, 0.1) is 0 Å². The molecule has 0 N–H and O–H groups in total. The minimum atomic E-state index is 0.310. The van der Waals surface area contributed by atoms with Gasteiger partial charge in [0.25, 0.3) is 0 Å². The van der Waals surface area contributed by atoms with Crippen molar-refractivity contribution in [3.05, 3.63) is 50.9 Å². The van der Waals surface area contributed by atoms with E-state index in [1.807, 2.05) is 18.3 Å². The van der Waals surface area contributed by atoms with Gasteiger partial charge in [0.2, 0.25) is 0 Å². The van der Waals surface area contributed by atoms with Crippen LogP contribution in [-0.2, 0) is 0 Å². The minimum Gasteiger partial charge on any atom is -0.261 e. The zero-order valence-corrected chi connectivity index (χ0v) is 12.7. The quantitative estimate of drug-likeness (QED) is 0.690. The molecule has 1 nitrogen and oxygen atoms in total. The average Bonchev–Trinajstić information content (AvgIpc) is 2.75. The number of rotatable bonds is 3. The number of nitrogens with zero attached hydrogens (tertiary/aromatic N) is 1. The molecule has 0 saturated carbocycles. The number of halogens is 2. The molecule has 0 radical (unpaired) electrons. The first kappa shape index (κ1) is 12.3. The molecule has 2 aromatic rings. The van der Waals surface area contributed by atoms with Gasteiger partial charge in [0.1, 0.15) is 0 Å². The van der Waals surface area contributed by atoms with E-state index in [9.17, 15) is 0 Å². The molecule has 2 heterocycles. The van der Waals surface area contributed by atoms with Crippen LogP contribution in [0.5, 0.6) is 0 Å². The van der Waals surface area contributed by atoms with Crippen molar-refractivity contribution in [2.45, 2.75) is 17.7 Å². The van der Waals surface area contributed by atoms with E-state index in [0.29, 0.717) is 10.7 Å². The fourth-order valence-electron chi connectivity index (χ4n) is 1.55. The molecule has 0 bridgehead atoms. The fourth-order valence-corrected chi connectivity index (χ4v) is 3.47. The maximum absolute atomic E-state index is 4.39. The van der Waals surface area contributed by atoms with Crippen LogP contribution in [0.15, 0.2) is 39.6 Å². The first-order valence-corrected chi connectivity index (χ1v) is 7.56. The first-order valence-electron chi connectivity index (χ1n) is 4.97. The Kier molecular flexibility index (Phi) is 4.16. The molecule has 0 saturated heterocycles. The molecule has 4 heteroatoms. The second-order valence-corrected chi connectivity index (χ2v) is 6.91. The van der Waals surface area contributed by atoms with Gasteiger partial charge < -0.3 is 0 Å². The summed E-state index contributed by atoms with van der Waals surface area (Å²) in [5, 5.41) is 2.17. The number of pyridine rings is 1. The molecule has 2 aromatic heterocycles. The van der Waals surface area contributed by atoms with Crippen molar-refractivity contribution in [2.75, 3.05) is 0 Å². The maximum Gasteiger partial charge on any atom is 0.0701 e. The molecule has 0 fully saturated rings. The Hall–Kier alpha value is -0.190. The average molecular weight is 361 g/mol. The number of hydrogen-bond donors (Lipinski definition) is 0. The maximum atomic E-state index is 4.39. The van der Waals surface area contributed by atoms with E-state index in [0.717, 1.165) is 5.69 Å². The van der Waals surface area contributed by atoms with Crippen molar-refractivity contribution in [2.24, 2.45) is 0 Å². The van der Waals surface area contributed by atoms with Gasteiger partial charge in [-0.1, -0.05) is 28.9 Å². The molecule has 0 aliphatic rings. The summed E-state index contributed by atoms with van der Waals surface area (Å²) < 4.78 is 1.17. The highest BCUT2D eigenvalue weighted by Gasteiger charge is 2.19.